The molecule has 6 nitrogen and oxygen atoms in total. The molecule has 0 bridgehead atoms. The zero-order valence-electron chi connectivity index (χ0n) is 16.2. The molecule has 0 radical (unpaired) electrons. The Bertz CT molecular complexity index is 1010. The Morgan fingerprint density at radius 3 is 2.72 bits per heavy atom. The van der Waals surface area contributed by atoms with Crippen LogP contribution in [0.4, 0.5) is 16.2 Å². The molecule has 3 heterocycles. The van der Waals surface area contributed by atoms with E-state index in [-0.39, 0.29) is 12.1 Å². The summed E-state index contributed by atoms with van der Waals surface area (Å²) in [6.45, 7) is 2.80. The average Bonchev–Trinajstić information content (AvgIpc) is 3.46. The van der Waals surface area contributed by atoms with E-state index in [4.69, 9.17) is 16.6 Å². The lowest BCUT2D eigenvalue weighted by molar-refractivity contribution is 0.205. The van der Waals surface area contributed by atoms with E-state index in [9.17, 15) is 4.79 Å². The highest BCUT2D eigenvalue weighted by Gasteiger charge is 2.32. The highest BCUT2D eigenvalue weighted by Crippen LogP contribution is 2.34. The van der Waals surface area contributed by atoms with E-state index in [0.29, 0.717) is 11.6 Å². The molecule has 2 N–H and O–H groups in total. The molecule has 29 heavy (non-hydrogen) atoms. The molecule has 0 aliphatic carbocycles. The Morgan fingerprint density at radius 1 is 1.10 bits per heavy atom. The van der Waals surface area contributed by atoms with Gasteiger partial charge in [-0.1, -0.05) is 23.7 Å². The number of aromatic nitrogens is 2. The largest absolute Gasteiger partial charge is 0.370 e. The summed E-state index contributed by atoms with van der Waals surface area (Å²) in [5.41, 5.74) is 3.69. The second-order valence-corrected chi connectivity index (χ2v) is 8.19. The fourth-order valence-corrected chi connectivity index (χ4v) is 4.72. The fraction of sp³-hybridized carbons (Fsp3) is 0.364. The van der Waals surface area contributed by atoms with Gasteiger partial charge in [0, 0.05) is 25.3 Å². The Hall–Kier alpha value is -2.73. The summed E-state index contributed by atoms with van der Waals surface area (Å²) >= 11 is 6.50. The molecule has 2 aromatic carbocycles. The smallest absolute Gasteiger partial charge is 0.322 e. The Labute approximate surface area is 174 Å². The van der Waals surface area contributed by atoms with Gasteiger partial charge in [0.1, 0.15) is 5.82 Å². The van der Waals surface area contributed by atoms with Gasteiger partial charge in [0.25, 0.3) is 0 Å². The number of para-hydroxylation sites is 2. The number of halogens is 1. The van der Waals surface area contributed by atoms with Crippen molar-refractivity contribution in [1.82, 2.24) is 14.9 Å². The van der Waals surface area contributed by atoms with Gasteiger partial charge in [-0.2, -0.15) is 0 Å². The number of nitrogens with one attached hydrogen (secondary N) is 2. The molecule has 3 aromatic rings. The minimum absolute atomic E-state index is 0.0401. The molecule has 0 spiro atoms. The van der Waals surface area contributed by atoms with Gasteiger partial charge in [-0.15, -0.1) is 0 Å². The lowest BCUT2D eigenvalue weighted by atomic mass is 10.2. The minimum atomic E-state index is -0.113. The van der Waals surface area contributed by atoms with Crippen molar-refractivity contribution >= 4 is 40.0 Å². The molecule has 1 atom stereocenters. The highest BCUT2D eigenvalue weighted by atomic mass is 35.5. The Morgan fingerprint density at radius 2 is 1.93 bits per heavy atom. The first kappa shape index (κ1) is 18.3. The Kier molecular flexibility index (Phi) is 4.79. The number of amides is 2. The number of imidazole rings is 1. The number of nitrogens with zero attached hydrogens (tertiary/aromatic N) is 3. The second kappa shape index (κ2) is 7.59. The molecule has 7 heteroatoms. The number of aromatic amines is 1. The average molecular weight is 410 g/mol. The molecular weight excluding hydrogens is 386 g/mol. The molecule has 150 valence electrons. The van der Waals surface area contributed by atoms with Crippen LogP contribution in [0.5, 0.6) is 0 Å². The monoisotopic (exact) mass is 409 g/mol. The van der Waals surface area contributed by atoms with Crippen molar-refractivity contribution in [3.05, 3.63) is 53.3 Å². The third kappa shape index (κ3) is 3.53. The first-order valence-corrected chi connectivity index (χ1v) is 10.6. The van der Waals surface area contributed by atoms with E-state index < -0.39 is 0 Å². The van der Waals surface area contributed by atoms with Gasteiger partial charge in [-0.05, 0) is 56.0 Å². The number of urea groups is 1. The predicted molar refractivity (Wildman–Crippen MR) is 117 cm³/mol. The number of likely N-dealkylation sites (tertiary alicyclic amines) is 1. The zero-order chi connectivity index (χ0) is 19.8. The molecule has 5 rings (SSSR count). The summed E-state index contributed by atoms with van der Waals surface area (Å²) in [6.07, 6.45) is 4.27. The van der Waals surface area contributed by atoms with Crippen molar-refractivity contribution < 1.29 is 4.79 Å². The summed E-state index contributed by atoms with van der Waals surface area (Å²) in [4.78, 5) is 25.2. The van der Waals surface area contributed by atoms with Gasteiger partial charge in [0.15, 0.2) is 0 Å². The molecule has 1 unspecified atom stereocenters. The van der Waals surface area contributed by atoms with Crippen LogP contribution in [-0.2, 0) is 0 Å². The molecular formula is C22H24ClN5O. The van der Waals surface area contributed by atoms with Gasteiger partial charge in [0.2, 0.25) is 0 Å². The van der Waals surface area contributed by atoms with Crippen LogP contribution < -0.4 is 10.2 Å². The first-order chi connectivity index (χ1) is 14.2. The molecule has 2 fully saturated rings. The maximum absolute atomic E-state index is 13.0. The van der Waals surface area contributed by atoms with Crippen LogP contribution in [0.25, 0.3) is 11.0 Å². The Balaban J connectivity index is 1.32. The second-order valence-electron chi connectivity index (χ2n) is 7.78. The van der Waals surface area contributed by atoms with Crippen molar-refractivity contribution in [1.29, 1.82) is 0 Å². The van der Waals surface area contributed by atoms with Crippen LogP contribution in [0.15, 0.2) is 42.5 Å². The summed E-state index contributed by atoms with van der Waals surface area (Å²) < 4.78 is 0. The van der Waals surface area contributed by atoms with Gasteiger partial charge in [0.05, 0.1) is 27.8 Å². The first-order valence-electron chi connectivity index (χ1n) is 10.3. The van der Waals surface area contributed by atoms with Crippen LogP contribution >= 0.6 is 11.6 Å². The van der Waals surface area contributed by atoms with Crippen LogP contribution in [0.2, 0.25) is 5.02 Å². The summed E-state index contributed by atoms with van der Waals surface area (Å²) in [5.74, 6) is 0.848. The number of benzene rings is 2. The summed E-state index contributed by atoms with van der Waals surface area (Å²) in [5, 5.41) is 3.70. The normalized spacial score (nSPS) is 19.3. The van der Waals surface area contributed by atoms with E-state index in [1.54, 1.807) is 0 Å². The number of rotatable bonds is 3. The molecule has 2 aliphatic heterocycles. The number of fused-ring (bicyclic) bond motifs is 1. The van der Waals surface area contributed by atoms with Crippen molar-refractivity contribution in [3.8, 4) is 0 Å². The van der Waals surface area contributed by atoms with Crippen molar-refractivity contribution in [2.24, 2.45) is 0 Å². The number of carbonyl (C=O) groups excluding carboxylic acids is 1. The van der Waals surface area contributed by atoms with E-state index in [0.717, 1.165) is 54.2 Å². The predicted octanol–water partition coefficient (Wildman–Crippen LogP) is 5.19. The molecule has 0 saturated carbocycles. The van der Waals surface area contributed by atoms with Gasteiger partial charge >= 0.3 is 6.03 Å². The third-order valence-electron chi connectivity index (χ3n) is 5.88. The van der Waals surface area contributed by atoms with Gasteiger partial charge in [-0.25, -0.2) is 9.78 Å². The van der Waals surface area contributed by atoms with Crippen LogP contribution in [0.3, 0.4) is 0 Å². The van der Waals surface area contributed by atoms with Gasteiger partial charge < -0.3 is 20.1 Å². The molecule has 1 aromatic heterocycles. The topological polar surface area (TPSA) is 64.3 Å². The third-order valence-corrected chi connectivity index (χ3v) is 6.19. The van der Waals surface area contributed by atoms with Crippen molar-refractivity contribution in [2.45, 2.75) is 31.7 Å². The number of hydrogen-bond donors (Lipinski definition) is 2. The SMILES string of the molecule is O=C(Nc1ccc(N2CCCC2)c(Cl)c1)N1CCCC1c1nc2ccccc2[nH]1. The minimum Gasteiger partial charge on any atom is -0.370 e. The van der Waals surface area contributed by atoms with E-state index in [1.165, 1.54) is 12.8 Å². The molecule has 2 saturated heterocycles. The van der Waals surface area contributed by atoms with Gasteiger partial charge in [-0.3, -0.25) is 0 Å². The number of carbonyl (C=O) groups is 1. The fourth-order valence-electron chi connectivity index (χ4n) is 4.42. The van der Waals surface area contributed by atoms with Crippen molar-refractivity contribution in [2.75, 3.05) is 29.9 Å². The molecule has 2 aliphatic rings. The van der Waals surface area contributed by atoms with E-state index in [2.05, 4.69) is 15.2 Å². The number of H-pyrrole nitrogens is 1. The number of anilines is 2. The quantitative estimate of drug-likeness (QED) is 0.626. The lowest BCUT2D eigenvalue weighted by Gasteiger charge is -2.24. The van der Waals surface area contributed by atoms with E-state index in [1.807, 2.05) is 47.4 Å². The zero-order valence-corrected chi connectivity index (χ0v) is 17.0. The maximum Gasteiger partial charge on any atom is 0.322 e. The van der Waals surface area contributed by atoms with Crippen LogP contribution in [0, 0.1) is 0 Å². The summed E-state index contributed by atoms with van der Waals surface area (Å²) in [7, 11) is 0. The van der Waals surface area contributed by atoms with Crippen LogP contribution in [-0.4, -0.2) is 40.5 Å². The highest BCUT2D eigenvalue weighted by molar-refractivity contribution is 6.33. The summed E-state index contributed by atoms with van der Waals surface area (Å²) in [6, 6.07) is 13.6. The van der Waals surface area contributed by atoms with E-state index >= 15 is 0 Å². The standard InChI is InChI=1S/C22H24ClN5O/c23-16-14-15(9-10-19(16)27-11-3-4-12-27)24-22(29)28-13-5-8-20(28)21-25-17-6-1-2-7-18(17)26-21/h1-2,6-7,9-10,14,20H,3-5,8,11-13H2,(H,24,29)(H,25,26). The molecule has 2 amide bonds. The maximum atomic E-state index is 13.0. The lowest BCUT2D eigenvalue weighted by Crippen LogP contribution is -2.34. The van der Waals surface area contributed by atoms with Crippen molar-refractivity contribution in [3.63, 3.8) is 0 Å². The van der Waals surface area contributed by atoms with Crippen LogP contribution in [0.1, 0.15) is 37.5 Å². The number of hydrogen-bond acceptors (Lipinski definition) is 3.